The monoisotopic (exact) mass is 320 g/mol. The van der Waals surface area contributed by atoms with E-state index < -0.39 is 5.54 Å². The maximum Gasteiger partial charge on any atom is 0.226 e. The van der Waals surface area contributed by atoms with Crippen molar-refractivity contribution in [3.8, 4) is 10.8 Å². The molecular formula is C16H20N2O3S. The van der Waals surface area contributed by atoms with Crippen LogP contribution in [0.3, 0.4) is 0 Å². The van der Waals surface area contributed by atoms with Gasteiger partial charge in [-0.25, -0.2) is 4.98 Å². The summed E-state index contributed by atoms with van der Waals surface area (Å²) in [5.41, 5.74) is 0.219. The summed E-state index contributed by atoms with van der Waals surface area (Å²) in [6.45, 7) is 3.76. The lowest BCUT2D eigenvalue weighted by molar-refractivity contribution is -0.123. The molecule has 1 amide bonds. The van der Waals surface area contributed by atoms with E-state index in [2.05, 4.69) is 10.3 Å². The van der Waals surface area contributed by atoms with Gasteiger partial charge >= 0.3 is 0 Å². The van der Waals surface area contributed by atoms with Crippen LogP contribution >= 0.6 is 11.3 Å². The molecule has 1 aliphatic rings. The van der Waals surface area contributed by atoms with Crippen molar-refractivity contribution in [2.75, 3.05) is 6.61 Å². The van der Waals surface area contributed by atoms with Crippen LogP contribution in [0.2, 0.25) is 0 Å². The second-order valence-electron chi connectivity index (χ2n) is 6.13. The molecule has 0 saturated heterocycles. The molecule has 2 heterocycles. The van der Waals surface area contributed by atoms with Crippen LogP contribution in [0.15, 0.2) is 21.9 Å². The Bertz CT molecular complexity index is 674. The van der Waals surface area contributed by atoms with Crippen LogP contribution in [0.5, 0.6) is 0 Å². The first-order valence-corrected chi connectivity index (χ1v) is 8.31. The van der Waals surface area contributed by atoms with Crippen molar-refractivity contribution in [1.29, 1.82) is 0 Å². The number of carbonyl (C=O) groups is 1. The number of carbonyl (C=O) groups excluding carboxylic acids is 1. The molecule has 1 saturated carbocycles. The molecule has 3 rings (SSSR count). The molecule has 1 unspecified atom stereocenters. The first kappa shape index (κ1) is 15.2. The Kier molecular flexibility index (Phi) is 4.06. The van der Waals surface area contributed by atoms with Crippen molar-refractivity contribution in [3.05, 3.63) is 29.0 Å². The molecule has 0 bridgehead atoms. The molecule has 6 heteroatoms. The number of amides is 1. The van der Waals surface area contributed by atoms with Crippen LogP contribution in [-0.2, 0) is 11.2 Å². The van der Waals surface area contributed by atoms with E-state index in [1.165, 1.54) is 11.3 Å². The third-order valence-electron chi connectivity index (χ3n) is 4.08. The molecule has 118 valence electrons. The van der Waals surface area contributed by atoms with Gasteiger partial charge in [0.25, 0.3) is 0 Å². The average molecular weight is 320 g/mol. The van der Waals surface area contributed by atoms with Crippen LogP contribution in [0.4, 0.5) is 0 Å². The molecule has 1 atom stereocenters. The number of aliphatic hydroxyl groups excluding tert-OH is 1. The highest BCUT2D eigenvalue weighted by Crippen LogP contribution is 2.39. The van der Waals surface area contributed by atoms with Crippen molar-refractivity contribution in [2.24, 2.45) is 5.92 Å². The molecule has 1 fully saturated rings. The van der Waals surface area contributed by atoms with E-state index in [0.717, 1.165) is 35.1 Å². The Labute approximate surface area is 133 Å². The van der Waals surface area contributed by atoms with Gasteiger partial charge in [0.1, 0.15) is 5.76 Å². The first-order chi connectivity index (χ1) is 10.5. The molecule has 5 nitrogen and oxygen atoms in total. The van der Waals surface area contributed by atoms with Gasteiger partial charge in [0.05, 0.1) is 24.3 Å². The van der Waals surface area contributed by atoms with Gasteiger partial charge in [0.2, 0.25) is 5.91 Å². The topological polar surface area (TPSA) is 75.4 Å². The quantitative estimate of drug-likeness (QED) is 0.857. The second kappa shape index (κ2) is 5.85. The van der Waals surface area contributed by atoms with E-state index in [4.69, 9.17) is 4.42 Å². The van der Waals surface area contributed by atoms with E-state index in [9.17, 15) is 9.90 Å². The molecule has 0 aliphatic heterocycles. The van der Waals surface area contributed by atoms with Crippen LogP contribution in [0.1, 0.15) is 31.2 Å². The lowest BCUT2D eigenvalue weighted by atomic mass is 9.96. The number of nitrogens with zero attached hydrogens (tertiary/aromatic N) is 1. The highest BCUT2D eigenvalue weighted by Gasteiger charge is 2.42. The predicted molar refractivity (Wildman–Crippen MR) is 84.6 cm³/mol. The molecule has 0 spiro atoms. The molecule has 1 aliphatic carbocycles. The molecule has 22 heavy (non-hydrogen) atoms. The fourth-order valence-corrected chi connectivity index (χ4v) is 3.35. The van der Waals surface area contributed by atoms with Crippen molar-refractivity contribution in [2.45, 2.75) is 38.6 Å². The maximum atomic E-state index is 12.2. The van der Waals surface area contributed by atoms with E-state index >= 15 is 0 Å². The Morgan fingerprint density at radius 1 is 1.55 bits per heavy atom. The summed E-state index contributed by atoms with van der Waals surface area (Å²) < 4.78 is 5.54. The summed E-state index contributed by atoms with van der Waals surface area (Å²) in [4.78, 5) is 16.6. The van der Waals surface area contributed by atoms with Gasteiger partial charge in [-0.05, 0) is 44.7 Å². The Hall–Kier alpha value is -1.66. The summed E-state index contributed by atoms with van der Waals surface area (Å²) in [6, 6.07) is 3.78. The first-order valence-electron chi connectivity index (χ1n) is 7.43. The zero-order chi connectivity index (χ0) is 15.7. The fraction of sp³-hybridized carbons (Fsp3) is 0.500. The maximum absolute atomic E-state index is 12.2. The Morgan fingerprint density at radius 3 is 2.91 bits per heavy atom. The number of aliphatic hydroxyl groups is 1. The van der Waals surface area contributed by atoms with Gasteiger partial charge in [-0.3, -0.25) is 4.79 Å². The molecule has 0 aromatic carbocycles. The number of thiazole rings is 1. The van der Waals surface area contributed by atoms with E-state index in [1.54, 1.807) is 0 Å². The van der Waals surface area contributed by atoms with Gasteiger partial charge in [0.15, 0.2) is 10.8 Å². The van der Waals surface area contributed by atoms with Gasteiger partial charge in [-0.1, -0.05) is 0 Å². The molecule has 0 radical (unpaired) electrons. The van der Waals surface area contributed by atoms with E-state index in [-0.39, 0.29) is 18.9 Å². The van der Waals surface area contributed by atoms with Gasteiger partial charge in [-0.2, -0.15) is 0 Å². The minimum Gasteiger partial charge on any atom is -0.459 e. The second-order valence-corrected chi connectivity index (χ2v) is 6.99. The highest BCUT2D eigenvalue weighted by molar-refractivity contribution is 7.13. The number of aryl methyl sites for hydroxylation is 1. The minimum absolute atomic E-state index is 0.0304. The average Bonchev–Trinajstić information content (AvgIpc) is 3.11. The Balaban J connectivity index is 1.63. The van der Waals surface area contributed by atoms with Crippen molar-refractivity contribution < 1.29 is 14.3 Å². The summed E-state index contributed by atoms with van der Waals surface area (Å²) in [5.74, 6) is 1.86. The summed E-state index contributed by atoms with van der Waals surface area (Å²) in [6.07, 6.45) is 2.35. The van der Waals surface area contributed by atoms with Gasteiger partial charge < -0.3 is 14.8 Å². The van der Waals surface area contributed by atoms with Crippen molar-refractivity contribution in [3.63, 3.8) is 0 Å². The number of hydrogen-bond acceptors (Lipinski definition) is 5. The lowest BCUT2D eigenvalue weighted by Gasteiger charge is -2.28. The predicted octanol–water partition coefficient (Wildman–Crippen LogP) is 2.53. The number of aromatic nitrogens is 1. The number of nitrogens with one attached hydrogen (secondary N) is 1. The van der Waals surface area contributed by atoms with Crippen molar-refractivity contribution in [1.82, 2.24) is 10.3 Å². The fourth-order valence-electron chi connectivity index (χ4n) is 2.57. The number of rotatable bonds is 6. The highest BCUT2D eigenvalue weighted by atomic mass is 32.1. The zero-order valence-electron chi connectivity index (χ0n) is 12.8. The van der Waals surface area contributed by atoms with Crippen molar-refractivity contribution >= 4 is 17.2 Å². The van der Waals surface area contributed by atoms with Gasteiger partial charge in [0, 0.05) is 5.38 Å². The third kappa shape index (κ3) is 3.23. The standard InChI is InChI=1S/C16H20N2O3S/c1-10-3-6-13(21-10)15-17-12(8-22-15)7-14(20)18-16(2,9-19)11-4-5-11/h3,6,8,11,19H,4-5,7,9H2,1-2H3,(H,18,20). The summed E-state index contributed by atoms with van der Waals surface area (Å²) in [5, 5.41) is 15.1. The van der Waals surface area contributed by atoms with Crippen LogP contribution in [0.25, 0.3) is 10.8 Å². The number of hydrogen-bond donors (Lipinski definition) is 2. The minimum atomic E-state index is -0.506. The van der Waals surface area contributed by atoms with E-state index in [0.29, 0.717) is 5.92 Å². The summed E-state index contributed by atoms with van der Waals surface area (Å²) >= 11 is 1.47. The summed E-state index contributed by atoms with van der Waals surface area (Å²) in [7, 11) is 0. The smallest absolute Gasteiger partial charge is 0.226 e. The molecule has 2 aromatic rings. The SMILES string of the molecule is Cc1ccc(-c2nc(CC(=O)NC(C)(CO)C3CC3)cs2)o1. The third-order valence-corrected chi connectivity index (χ3v) is 4.98. The number of furan rings is 1. The van der Waals surface area contributed by atoms with Crippen LogP contribution in [-0.4, -0.2) is 28.1 Å². The van der Waals surface area contributed by atoms with Gasteiger partial charge in [-0.15, -0.1) is 11.3 Å². The Morgan fingerprint density at radius 2 is 2.32 bits per heavy atom. The zero-order valence-corrected chi connectivity index (χ0v) is 13.6. The largest absolute Gasteiger partial charge is 0.459 e. The lowest BCUT2D eigenvalue weighted by Crippen LogP contribution is -2.51. The van der Waals surface area contributed by atoms with E-state index in [1.807, 2.05) is 31.4 Å². The van der Waals surface area contributed by atoms with Crippen LogP contribution in [0, 0.1) is 12.8 Å². The normalized spacial score (nSPS) is 17.2. The van der Waals surface area contributed by atoms with Crippen LogP contribution < -0.4 is 5.32 Å². The molecule has 2 N–H and O–H groups in total. The molecule has 2 aromatic heterocycles. The molecular weight excluding hydrogens is 300 g/mol.